The van der Waals surface area contributed by atoms with Crippen LogP contribution in [0.15, 0.2) is 60.7 Å². The van der Waals surface area contributed by atoms with Crippen LogP contribution in [0.5, 0.6) is 0 Å². The van der Waals surface area contributed by atoms with Crippen LogP contribution in [-0.2, 0) is 13.1 Å². The van der Waals surface area contributed by atoms with E-state index in [1.54, 1.807) is 4.90 Å². The summed E-state index contributed by atoms with van der Waals surface area (Å²) >= 11 is 0. The smallest absolute Gasteiger partial charge is 0.255 e. The fraction of sp³-hybridized carbons (Fsp3) is 0.217. The van der Waals surface area contributed by atoms with Gasteiger partial charge in [0.2, 0.25) is 0 Å². The van der Waals surface area contributed by atoms with Gasteiger partial charge in [-0.2, -0.15) is 0 Å². The molecule has 0 aliphatic heterocycles. The molecule has 0 spiro atoms. The van der Waals surface area contributed by atoms with Crippen LogP contribution in [0.4, 0.5) is 0 Å². The predicted octanol–water partition coefficient (Wildman–Crippen LogP) is 4.30. The number of H-pyrrole nitrogens is 1. The number of imidazole rings is 1. The Morgan fingerprint density at radius 1 is 1.07 bits per heavy atom. The first-order valence-electron chi connectivity index (χ1n) is 9.42. The van der Waals surface area contributed by atoms with Crippen molar-refractivity contribution in [1.82, 2.24) is 19.4 Å². The molecule has 4 rings (SSSR count). The predicted molar refractivity (Wildman–Crippen MR) is 111 cm³/mol. The summed E-state index contributed by atoms with van der Waals surface area (Å²) in [5.41, 5.74) is 5.94. The Labute approximate surface area is 164 Å². The molecule has 0 bridgehead atoms. The summed E-state index contributed by atoms with van der Waals surface area (Å²) < 4.78 is 2.19. The summed E-state index contributed by atoms with van der Waals surface area (Å²) in [4.78, 5) is 22.7. The van der Waals surface area contributed by atoms with Gasteiger partial charge in [0, 0.05) is 25.0 Å². The van der Waals surface area contributed by atoms with Gasteiger partial charge >= 0.3 is 0 Å². The second-order valence-electron chi connectivity index (χ2n) is 7.22. The number of fused-ring (bicyclic) bond motifs is 1. The molecule has 0 aliphatic rings. The van der Waals surface area contributed by atoms with Crippen molar-refractivity contribution in [2.45, 2.75) is 26.9 Å². The SMILES string of the molecule is Cc1cc(C(=O)N(C)Cc2nc3ccccc3[nH]2)c(C)n1Cc1ccccc1. The lowest BCUT2D eigenvalue weighted by Gasteiger charge is -2.16. The van der Waals surface area contributed by atoms with Crippen LogP contribution < -0.4 is 0 Å². The maximum atomic E-state index is 13.1. The van der Waals surface area contributed by atoms with Crippen molar-refractivity contribution in [3.63, 3.8) is 0 Å². The number of nitrogens with one attached hydrogen (secondary N) is 1. The largest absolute Gasteiger partial charge is 0.344 e. The van der Waals surface area contributed by atoms with E-state index in [0.717, 1.165) is 40.4 Å². The van der Waals surface area contributed by atoms with Gasteiger partial charge in [-0.25, -0.2) is 4.98 Å². The van der Waals surface area contributed by atoms with Crippen LogP contribution in [0.1, 0.15) is 33.1 Å². The summed E-state index contributed by atoms with van der Waals surface area (Å²) in [6.07, 6.45) is 0. The van der Waals surface area contributed by atoms with Crippen molar-refractivity contribution < 1.29 is 4.79 Å². The minimum Gasteiger partial charge on any atom is -0.344 e. The number of aryl methyl sites for hydroxylation is 1. The Balaban J connectivity index is 1.54. The molecule has 0 fully saturated rings. The molecule has 1 N–H and O–H groups in total. The number of hydrogen-bond donors (Lipinski definition) is 1. The number of benzene rings is 2. The lowest BCUT2D eigenvalue weighted by molar-refractivity contribution is 0.0781. The van der Waals surface area contributed by atoms with E-state index >= 15 is 0 Å². The summed E-state index contributed by atoms with van der Waals surface area (Å²) in [7, 11) is 1.82. The first-order valence-corrected chi connectivity index (χ1v) is 9.42. The van der Waals surface area contributed by atoms with Gasteiger partial charge in [-0.15, -0.1) is 0 Å². The van der Waals surface area contributed by atoms with Gasteiger partial charge in [0.1, 0.15) is 5.82 Å². The molecule has 2 heterocycles. The van der Waals surface area contributed by atoms with Gasteiger partial charge in [0.05, 0.1) is 23.1 Å². The fourth-order valence-electron chi connectivity index (χ4n) is 3.61. The monoisotopic (exact) mass is 372 g/mol. The molecule has 2 aromatic heterocycles. The lowest BCUT2D eigenvalue weighted by Crippen LogP contribution is -2.27. The third-order valence-corrected chi connectivity index (χ3v) is 5.16. The summed E-state index contributed by atoms with van der Waals surface area (Å²) in [6, 6.07) is 20.2. The number of para-hydroxylation sites is 2. The lowest BCUT2D eigenvalue weighted by atomic mass is 10.2. The Hall–Kier alpha value is -3.34. The van der Waals surface area contributed by atoms with Crippen molar-refractivity contribution >= 4 is 16.9 Å². The molecule has 0 radical (unpaired) electrons. The van der Waals surface area contributed by atoms with E-state index in [1.807, 2.05) is 69.4 Å². The number of carbonyl (C=O) groups excluding carboxylic acids is 1. The second kappa shape index (κ2) is 7.35. The number of nitrogens with zero attached hydrogens (tertiary/aromatic N) is 3. The molecule has 28 heavy (non-hydrogen) atoms. The van der Waals surface area contributed by atoms with Gasteiger partial charge < -0.3 is 14.5 Å². The molecule has 5 nitrogen and oxygen atoms in total. The van der Waals surface area contributed by atoms with Crippen molar-refractivity contribution in [2.24, 2.45) is 0 Å². The van der Waals surface area contributed by atoms with E-state index in [2.05, 4.69) is 26.7 Å². The standard InChI is InChI=1S/C23H24N4O/c1-16-13-19(17(2)27(16)14-18-9-5-4-6-10-18)23(28)26(3)15-22-24-20-11-7-8-12-21(20)25-22/h4-13H,14-15H2,1-3H3,(H,24,25). The van der Waals surface area contributed by atoms with Gasteiger partial charge in [-0.1, -0.05) is 42.5 Å². The Kier molecular flexibility index (Phi) is 4.74. The van der Waals surface area contributed by atoms with E-state index in [-0.39, 0.29) is 5.91 Å². The van der Waals surface area contributed by atoms with E-state index in [1.165, 1.54) is 5.56 Å². The molecule has 2 aromatic carbocycles. The zero-order valence-electron chi connectivity index (χ0n) is 16.4. The van der Waals surface area contributed by atoms with Crippen molar-refractivity contribution in [2.75, 3.05) is 7.05 Å². The van der Waals surface area contributed by atoms with E-state index in [9.17, 15) is 4.79 Å². The van der Waals surface area contributed by atoms with Crippen LogP contribution in [0, 0.1) is 13.8 Å². The number of hydrogen-bond acceptors (Lipinski definition) is 2. The molecule has 5 heteroatoms. The molecule has 1 amide bonds. The molecule has 0 atom stereocenters. The molecular formula is C23H24N4O. The quantitative estimate of drug-likeness (QED) is 0.568. The second-order valence-corrected chi connectivity index (χ2v) is 7.22. The van der Waals surface area contributed by atoms with E-state index < -0.39 is 0 Å². The van der Waals surface area contributed by atoms with Crippen LogP contribution >= 0.6 is 0 Å². The topological polar surface area (TPSA) is 53.9 Å². The maximum absolute atomic E-state index is 13.1. The number of rotatable bonds is 5. The molecule has 0 saturated heterocycles. The number of amides is 1. The summed E-state index contributed by atoms with van der Waals surface area (Å²) in [6.45, 7) is 5.26. The average Bonchev–Trinajstić information content (AvgIpc) is 3.23. The summed E-state index contributed by atoms with van der Waals surface area (Å²) in [5, 5.41) is 0. The molecule has 0 saturated carbocycles. The maximum Gasteiger partial charge on any atom is 0.255 e. The van der Waals surface area contributed by atoms with Crippen LogP contribution in [-0.4, -0.2) is 32.4 Å². The minimum absolute atomic E-state index is 0.00729. The highest BCUT2D eigenvalue weighted by atomic mass is 16.2. The van der Waals surface area contributed by atoms with E-state index in [4.69, 9.17) is 0 Å². The van der Waals surface area contributed by atoms with Crippen LogP contribution in [0.3, 0.4) is 0 Å². The molecule has 4 aromatic rings. The summed E-state index contributed by atoms with van der Waals surface area (Å²) in [5.74, 6) is 0.794. The third-order valence-electron chi connectivity index (χ3n) is 5.16. The molecule has 0 unspecified atom stereocenters. The number of aromatic amines is 1. The van der Waals surface area contributed by atoms with Crippen molar-refractivity contribution in [1.29, 1.82) is 0 Å². The third kappa shape index (κ3) is 3.43. The van der Waals surface area contributed by atoms with Crippen molar-refractivity contribution in [3.8, 4) is 0 Å². The Morgan fingerprint density at radius 3 is 2.54 bits per heavy atom. The fourth-order valence-corrected chi connectivity index (χ4v) is 3.61. The Morgan fingerprint density at radius 2 is 1.79 bits per heavy atom. The van der Waals surface area contributed by atoms with Crippen molar-refractivity contribution in [3.05, 3.63) is 89.0 Å². The van der Waals surface area contributed by atoms with Crippen LogP contribution in [0.25, 0.3) is 11.0 Å². The van der Waals surface area contributed by atoms with Crippen LogP contribution in [0.2, 0.25) is 0 Å². The zero-order valence-corrected chi connectivity index (χ0v) is 16.4. The minimum atomic E-state index is 0.00729. The first-order chi connectivity index (χ1) is 13.5. The highest BCUT2D eigenvalue weighted by Crippen LogP contribution is 2.20. The van der Waals surface area contributed by atoms with E-state index in [0.29, 0.717) is 6.54 Å². The zero-order chi connectivity index (χ0) is 19.7. The highest BCUT2D eigenvalue weighted by molar-refractivity contribution is 5.95. The van der Waals surface area contributed by atoms with Gasteiger partial charge in [0.15, 0.2) is 0 Å². The Bertz CT molecular complexity index is 1090. The van der Waals surface area contributed by atoms with Gasteiger partial charge in [-0.05, 0) is 37.6 Å². The highest BCUT2D eigenvalue weighted by Gasteiger charge is 2.20. The number of carbonyl (C=O) groups is 1. The average molecular weight is 372 g/mol. The van der Waals surface area contributed by atoms with Gasteiger partial charge in [-0.3, -0.25) is 4.79 Å². The molecule has 0 aliphatic carbocycles. The molecular weight excluding hydrogens is 348 g/mol. The van der Waals surface area contributed by atoms with Gasteiger partial charge in [0.25, 0.3) is 5.91 Å². The first kappa shape index (κ1) is 18.0. The molecule has 142 valence electrons. The normalized spacial score (nSPS) is 11.1. The number of aromatic nitrogens is 3.